The topological polar surface area (TPSA) is 46.9 Å². The third-order valence-corrected chi connectivity index (χ3v) is 4.10. The van der Waals surface area contributed by atoms with Crippen LogP contribution in [0.25, 0.3) is 0 Å². The van der Waals surface area contributed by atoms with Crippen LogP contribution in [-0.2, 0) is 6.54 Å². The number of hydrogen-bond acceptors (Lipinski definition) is 3. The summed E-state index contributed by atoms with van der Waals surface area (Å²) in [6, 6.07) is 0.698. The molecule has 0 aliphatic heterocycles. The van der Waals surface area contributed by atoms with Gasteiger partial charge in [-0.25, -0.2) is 4.98 Å². The number of hydrogen-bond donors (Lipinski definition) is 1. The molecule has 0 unspecified atom stereocenters. The van der Waals surface area contributed by atoms with Crippen LogP contribution in [0.1, 0.15) is 37.9 Å². The van der Waals surface area contributed by atoms with E-state index in [-0.39, 0.29) is 5.56 Å². The van der Waals surface area contributed by atoms with Crippen molar-refractivity contribution in [2.24, 2.45) is 0 Å². The summed E-state index contributed by atoms with van der Waals surface area (Å²) in [5.41, 5.74) is 0.0170. The quantitative estimate of drug-likeness (QED) is 0.848. The van der Waals surface area contributed by atoms with Crippen molar-refractivity contribution in [3.05, 3.63) is 26.8 Å². The monoisotopic (exact) mass is 313 g/mol. The number of nitrogens with one attached hydrogen (secondary N) is 1. The molecule has 1 saturated carbocycles. The number of aryl methyl sites for hydroxylation is 1. The fraction of sp³-hybridized carbons (Fsp3) is 0.692. The highest BCUT2D eigenvalue weighted by atomic mass is 79.9. The Bertz CT molecular complexity index is 452. The van der Waals surface area contributed by atoms with Gasteiger partial charge in [0.2, 0.25) is 0 Å². The third-order valence-electron chi connectivity index (χ3n) is 3.55. The van der Waals surface area contributed by atoms with Crippen molar-refractivity contribution in [3.8, 4) is 0 Å². The van der Waals surface area contributed by atoms with Crippen LogP contribution in [0.4, 0.5) is 0 Å². The van der Waals surface area contributed by atoms with E-state index in [1.54, 1.807) is 10.8 Å². The second kappa shape index (κ2) is 6.48. The fourth-order valence-electron chi connectivity index (χ4n) is 2.49. The molecular formula is C13H20BrN3O. The van der Waals surface area contributed by atoms with E-state index in [1.165, 1.54) is 25.7 Å². The van der Waals surface area contributed by atoms with Gasteiger partial charge in [0.25, 0.3) is 5.56 Å². The van der Waals surface area contributed by atoms with Crippen LogP contribution in [0.3, 0.4) is 0 Å². The molecule has 0 bridgehead atoms. The van der Waals surface area contributed by atoms with Gasteiger partial charge in [-0.15, -0.1) is 0 Å². The Morgan fingerprint density at radius 3 is 2.94 bits per heavy atom. The van der Waals surface area contributed by atoms with Crippen LogP contribution in [0.2, 0.25) is 0 Å². The molecule has 1 fully saturated rings. The molecule has 0 saturated heterocycles. The van der Waals surface area contributed by atoms with Crippen LogP contribution >= 0.6 is 15.9 Å². The first kappa shape index (κ1) is 13.7. The third kappa shape index (κ3) is 3.42. The van der Waals surface area contributed by atoms with Crippen molar-refractivity contribution in [1.82, 2.24) is 14.9 Å². The van der Waals surface area contributed by atoms with Crippen LogP contribution < -0.4 is 10.9 Å². The lowest BCUT2D eigenvalue weighted by molar-refractivity contribution is 0.487. The Morgan fingerprint density at radius 1 is 1.50 bits per heavy atom. The summed E-state index contributed by atoms with van der Waals surface area (Å²) in [5.74, 6) is 0.782. The van der Waals surface area contributed by atoms with Gasteiger partial charge in [-0.05, 0) is 48.7 Å². The van der Waals surface area contributed by atoms with E-state index in [1.807, 2.05) is 6.92 Å². The summed E-state index contributed by atoms with van der Waals surface area (Å²) in [6.07, 6.45) is 7.85. The molecule has 0 spiro atoms. The predicted octanol–water partition coefficient (Wildman–Crippen LogP) is 2.24. The Kier molecular flexibility index (Phi) is 4.95. The van der Waals surface area contributed by atoms with Gasteiger partial charge in [0, 0.05) is 18.8 Å². The minimum Gasteiger partial charge on any atom is -0.314 e. The summed E-state index contributed by atoms with van der Waals surface area (Å²) in [7, 11) is 0. The predicted molar refractivity (Wildman–Crippen MR) is 75.8 cm³/mol. The van der Waals surface area contributed by atoms with Gasteiger partial charge in [0.05, 0.1) is 0 Å². The van der Waals surface area contributed by atoms with E-state index >= 15 is 0 Å². The minimum absolute atomic E-state index is 0.0170. The molecule has 0 amide bonds. The van der Waals surface area contributed by atoms with Gasteiger partial charge >= 0.3 is 0 Å². The second-order valence-corrected chi connectivity index (χ2v) is 5.75. The molecule has 100 valence electrons. The van der Waals surface area contributed by atoms with E-state index < -0.39 is 0 Å². The van der Waals surface area contributed by atoms with E-state index in [4.69, 9.17) is 0 Å². The van der Waals surface area contributed by atoms with Gasteiger partial charge in [-0.3, -0.25) is 9.36 Å². The maximum absolute atomic E-state index is 11.9. The molecule has 1 aliphatic carbocycles. The zero-order valence-corrected chi connectivity index (χ0v) is 12.4. The molecule has 1 aromatic rings. The van der Waals surface area contributed by atoms with Gasteiger partial charge in [0.15, 0.2) is 0 Å². The van der Waals surface area contributed by atoms with Crippen molar-refractivity contribution in [3.63, 3.8) is 0 Å². The second-order valence-electron chi connectivity index (χ2n) is 4.90. The van der Waals surface area contributed by atoms with Crippen molar-refractivity contribution in [2.45, 2.75) is 51.6 Å². The SMILES string of the molecule is Cc1ncc(Br)c(=O)n1CCCNC1CCCC1. The number of nitrogens with zero attached hydrogens (tertiary/aromatic N) is 2. The van der Waals surface area contributed by atoms with E-state index in [0.29, 0.717) is 10.5 Å². The van der Waals surface area contributed by atoms with E-state index in [9.17, 15) is 4.79 Å². The van der Waals surface area contributed by atoms with Gasteiger partial charge in [0.1, 0.15) is 10.3 Å². The first-order valence-electron chi connectivity index (χ1n) is 6.64. The largest absolute Gasteiger partial charge is 0.314 e. The highest BCUT2D eigenvalue weighted by Crippen LogP contribution is 2.17. The van der Waals surface area contributed by atoms with Gasteiger partial charge < -0.3 is 5.32 Å². The zero-order valence-electron chi connectivity index (χ0n) is 10.8. The molecule has 1 aliphatic rings. The summed E-state index contributed by atoms with van der Waals surface area (Å²) in [4.78, 5) is 16.1. The Hall–Kier alpha value is -0.680. The molecule has 0 aromatic carbocycles. The van der Waals surface area contributed by atoms with Crippen molar-refractivity contribution in [1.29, 1.82) is 0 Å². The fourth-order valence-corrected chi connectivity index (χ4v) is 2.80. The summed E-state index contributed by atoms with van der Waals surface area (Å²) < 4.78 is 2.28. The minimum atomic E-state index is 0.0170. The average Bonchev–Trinajstić information content (AvgIpc) is 2.86. The highest BCUT2D eigenvalue weighted by molar-refractivity contribution is 9.10. The lowest BCUT2D eigenvalue weighted by Gasteiger charge is -2.13. The summed E-state index contributed by atoms with van der Waals surface area (Å²) in [6.45, 7) is 3.58. The smallest absolute Gasteiger partial charge is 0.267 e. The van der Waals surface area contributed by atoms with Gasteiger partial charge in [-0.1, -0.05) is 12.8 Å². The lowest BCUT2D eigenvalue weighted by atomic mass is 10.2. The number of aromatic nitrogens is 2. The maximum Gasteiger partial charge on any atom is 0.267 e. The van der Waals surface area contributed by atoms with E-state index in [2.05, 4.69) is 26.2 Å². The Balaban J connectivity index is 1.82. The van der Waals surface area contributed by atoms with Crippen molar-refractivity contribution in [2.75, 3.05) is 6.54 Å². The zero-order chi connectivity index (χ0) is 13.0. The molecule has 1 N–H and O–H groups in total. The Morgan fingerprint density at radius 2 is 2.22 bits per heavy atom. The summed E-state index contributed by atoms with van der Waals surface area (Å²) in [5, 5.41) is 3.56. The molecule has 18 heavy (non-hydrogen) atoms. The lowest BCUT2D eigenvalue weighted by Crippen LogP contribution is -2.30. The molecule has 0 atom stereocenters. The highest BCUT2D eigenvalue weighted by Gasteiger charge is 2.13. The van der Waals surface area contributed by atoms with E-state index in [0.717, 1.165) is 25.3 Å². The van der Waals surface area contributed by atoms with Crippen molar-refractivity contribution >= 4 is 15.9 Å². The van der Waals surface area contributed by atoms with Gasteiger partial charge in [-0.2, -0.15) is 0 Å². The molecule has 4 nitrogen and oxygen atoms in total. The summed E-state index contributed by atoms with van der Waals surface area (Å²) >= 11 is 3.23. The average molecular weight is 314 g/mol. The normalized spacial score (nSPS) is 16.3. The molecule has 0 radical (unpaired) electrons. The maximum atomic E-state index is 11.9. The molecule has 1 heterocycles. The van der Waals surface area contributed by atoms with Crippen LogP contribution in [0, 0.1) is 6.92 Å². The first-order valence-corrected chi connectivity index (χ1v) is 7.43. The molecule has 2 rings (SSSR count). The number of halogens is 1. The molecule has 1 aromatic heterocycles. The molecular weight excluding hydrogens is 294 g/mol. The first-order chi connectivity index (χ1) is 8.68. The van der Waals surface area contributed by atoms with Crippen molar-refractivity contribution < 1.29 is 0 Å². The van der Waals surface area contributed by atoms with Crippen LogP contribution in [0.15, 0.2) is 15.5 Å². The molecule has 5 heteroatoms. The number of rotatable bonds is 5. The van der Waals surface area contributed by atoms with Crippen LogP contribution in [0.5, 0.6) is 0 Å². The standard InChI is InChI=1S/C13H20BrN3O/c1-10-16-9-12(14)13(18)17(10)8-4-7-15-11-5-2-3-6-11/h9,11,15H,2-8H2,1H3. The van der Waals surface area contributed by atoms with Crippen LogP contribution in [-0.4, -0.2) is 22.1 Å². The Labute approximate surface area is 116 Å².